The van der Waals surface area contributed by atoms with Crippen LogP contribution in [0.15, 0.2) is 24.4 Å². The lowest BCUT2D eigenvalue weighted by molar-refractivity contribution is -0.699. The van der Waals surface area contributed by atoms with Crippen molar-refractivity contribution >= 4 is 11.9 Å². The van der Waals surface area contributed by atoms with Gasteiger partial charge in [0.15, 0.2) is 18.4 Å². The molecule has 1 unspecified atom stereocenters. The number of hydrogen-bond acceptors (Lipinski definition) is 4. The van der Waals surface area contributed by atoms with Crippen LogP contribution in [-0.2, 0) is 20.9 Å². The molecule has 0 fully saturated rings. The molecule has 1 heterocycles. The minimum Gasteiger partial charge on any atom is -0.544 e. The van der Waals surface area contributed by atoms with E-state index in [9.17, 15) is 14.7 Å². The number of aromatic nitrogens is 1. The smallest absolute Gasteiger partial charge is 0.306 e. The molecular weight excluding hydrogens is 222 g/mol. The minimum atomic E-state index is -1.16. The number of aliphatic carboxylic acids is 1. The molecule has 0 saturated carbocycles. The number of carbonyl (C=O) groups is 2. The Morgan fingerprint density at radius 2 is 2.18 bits per heavy atom. The molecule has 0 radical (unpaired) electrons. The van der Waals surface area contributed by atoms with Crippen LogP contribution in [-0.4, -0.2) is 19.0 Å². The first-order chi connectivity index (χ1) is 8.04. The van der Waals surface area contributed by atoms with E-state index in [2.05, 4.69) is 4.74 Å². The van der Waals surface area contributed by atoms with Crippen molar-refractivity contribution in [1.82, 2.24) is 0 Å². The highest BCUT2D eigenvalue weighted by atomic mass is 16.5. The van der Waals surface area contributed by atoms with Gasteiger partial charge in [-0.25, -0.2) is 0 Å². The van der Waals surface area contributed by atoms with Gasteiger partial charge in [-0.05, 0) is 0 Å². The maximum Gasteiger partial charge on any atom is 0.306 e. The van der Waals surface area contributed by atoms with Crippen molar-refractivity contribution < 1.29 is 24.0 Å². The Kier molecular flexibility index (Phi) is 4.63. The van der Waals surface area contributed by atoms with Crippen molar-refractivity contribution in [3.05, 3.63) is 30.1 Å². The molecule has 0 N–H and O–H groups in total. The Bertz CT molecular complexity index is 417. The molecule has 0 aliphatic heterocycles. The second-order valence-corrected chi connectivity index (χ2v) is 3.81. The topological polar surface area (TPSA) is 70.3 Å². The molecule has 0 aliphatic carbocycles. The largest absolute Gasteiger partial charge is 0.544 e. The van der Waals surface area contributed by atoms with E-state index in [0.29, 0.717) is 0 Å². The Morgan fingerprint density at radius 3 is 2.76 bits per heavy atom. The highest BCUT2D eigenvalue weighted by Crippen LogP contribution is 2.15. The molecule has 5 heteroatoms. The zero-order chi connectivity index (χ0) is 12.8. The second kappa shape index (κ2) is 5.98. The second-order valence-electron chi connectivity index (χ2n) is 3.81. The van der Waals surface area contributed by atoms with Crippen molar-refractivity contribution in [1.29, 1.82) is 0 Å². The standard InChI is InChI=1S/C12H15NO4/c1-9(7-12(16)17-2)10-5-3-4-6-13(10)8-11(14)15/h3-6,9H,7-8H2,1-2H3. The number of esters is 1. The van der Waals surface area contributed by atoms with Gasteiger partial charge in [0.1, 0.15) is 5.97 Å². The van der Waals surface area contributed by atoms with Gasteiger partial charge in [-0.15, -0.1) is 0 Å². The molecule has 0 aliphatic rings. The Morgan fingerprint density at radius 1 is 1.47 bits per heavy atom. The number of carboxylic acids is 1. The van der Waals surface area contributed by atoms with Crippen molar-refractivity contribution in [2.24, 2.45) is 0 Å². The minimum absolute atomic E-state index is 0.108. The normalized spacial score (nSPS) is 11.9. The van der Waals surface area contributed by atoms with Crippen LogP contribution in [0.5, 0.6) is 0 Å². The van der Waals surface area contributed by atoms with Crippen LogP contribution in [0.25, 0.3) is 0 Å². The maximum atomic E-state index is 11.2. The molecule has 5 nitrogen and oxygen atoms in total. The van der Waals surface area contributed by atoms with Crippen LogP contribution in [0.2, 0.25) is 0 Å². The molecule has 0 bridgehead atoms. The van der Waals surface area contributed by atoms with Crippen molar-refractivity contribution in [2.45, 2.75) is 25.8 Å². The number of carbonyl (C=O) groups excluding carboxylic acids is 2. The van der Waals surface area contributed by atoms with E-state index in [4.69, 9.17) is 0 Å². The highest BCUT2D eigenvalue weighted by Gasteiger charge is 2.20. The lowest BCUT2D eigenvalue weighted by atomic mass is 10.0. The molecular formula is C12H15NO4. The molecule has 92 valence electrons. The monoisotopic (exact) mass is 237 g/mol. The van der Waals surface area contributed by atoms with Crippen LogP contribution in [0, 0.1) is 0 Å². The molecule has 0 aromatic carbocycles. The van der Waals surface area contributed by atoms with Gasteiger partial charge in [0.2, 0.25) is 0 Å². The predicted molar refractivity (Wildman–Crippen MR) is 56.7 cm³/mol. The Labute approximate surface area is 99.6 Å². The van der Waals surface area contributed by atoms with Gasteiger partial charge >= 0.3 is 5.97 Å². The first kappa shape index (κ1) is 13.2. The van der Waals surface area contributed by atoms with Crippen LogP contribution in [0.3, 0.4) is 0 Å². The first-order valence-corrected chi connectivity index (χ1v) is 5.29. The summed E-state index contributed by atoms with van der Waals surface area (Å²) in [5.74, 6) is -1.59. The molecule has 17 heavy (non-hydrogen) atoms. The molecule has 1 aromatic heterocycles. The summed E-state index contributed by atoms with van der Waals surface area (Å²) in [6.45, 7) is 1.62. The molecule has 0 spiro atoms. The molecule has 1 rings (SSSR count). The Hall–Kier alpha value is -1.91. The molecule has 0 saturated heterocycles. The average Bonchev–Trinajstić information content (AvgIpc) is 2.28. The molecule has 0 amide bonds. The third-order valence-corrected chi connectivity index (χ3v) is 2.48. The fourth-order valence-corrected chi connectivity index (χ4v) is 1.66. The van der Waals surface area contributed by atoms with Crippen LogP contribution >= 0.6 is 0 Å². The zero-order valence-electron chi connectivity index (χ0n) is 9.88. The van der Waals surface area contributed by atoms with Crippen LogP contribution in [0.4, 0.5) is 0 Å². The van der Waals surface area contributed by atoms with E-state index in [1.54, 1.807) is 29.0 Å². The van der Waals surface area contributed by atoms with Gasteiger partial charge in [-0.2, -0.15) is 4.57 Å². The van der Waals surface area contributed by atoms with Crippen LogP contribution in [0.1, 0.15) is 25.0 Å². The Balaban J connectivity index is 2.88. The fourth-order valence-electron chi connectivity index (χ4n) is 1.66. The number of methoxy groups -OCH3 is 1. The maximum absolute atomic E-state index is 11.2. The summed E-state index contributed by atoms with van der Waals surface area (Å²) < 4.78 is 6.14. The number of hydrogen-bond donors (Lipinski definition) is 0. The number of carboxylic acid groups (broad SMARTS) is 1. The van der Waals surface area contributed by atoms with Gasteiger partial charge in [0.05, 0.1) is 19.4 Å². The predicted octanol–water partition coefficient (Wildman–Crippen LogP) is -0.609. The third kappa shape index (κ3) is 3.86. The van der Waals surface area contributed by atoms with E-state index in [1.165, 1.54) is 7.11 Å². The fraction of sp³-hybridized carbons (Fsp3) is 0.417. The lowest BCUT2D eigenvalue weighted by Gasteiger charge is -2.10. The summed E-state index contributed by atoms with van der Waals surface area (Å²) in [4.78, 5) is 21.8. The number of rotatable bonds is 5. The summed E-state index contributed by atoms with van der Waals surface area (Å²) in [5.41, 5.74) is 0.766. The number of nitrogens with zero attached hydrogens (tertiary/aromatic N) is 1. The van der Waals surface area contributed by atoms with Crippen molar-refractivity contribution in [2.75, 3.05) is 7.11 Å². The van der Waals surface area contributed by atoms with Gasteiger partial charge in [-0.1, -0.05) is 13.0 Å². The average molecular weight is 237 g/mol. The lowest BCUT2D eigenvalue weighted by Crippen LogP contribution is -2.47. The number of ether oxygens (including phenoxy) is 1. The van der Waals surface area contributed by atoms with E-state index < -0.39 is 5.97 Å². The first-order valence-electron chi connectivity index (χ1n) is 5.29. The number of pyridine rings is 1. The highest BCUT2D eigenvalue weighted by molar-refractivity contribution is 5.70. The summed E-state index contributed by atoms with van der Waals surface area (Å²) in [6.07, 6.45) is 1.87. The van der Waals surface area contributed by atoms with E-state index >= 15 is 0 Å². The third-order valence-electron chi connectivity index (χ3n) is 2.48. The summed E-state index contributed by atoms with van der Waals surface area (Å²) in [6, 6.07) is 5.32. The summed E-state index contributed by atoms with van der Waals surface area (Å²) in [7, 11) is 1.33. The molecule has 1 atom stereocenters. The van der Waals surface area contributed by atoms with Gasteiger partial charge in [-0.3, -0.25) is 4.79 Å². The zero-order valence-corrected chi connectivity index (χ0v) is 9.88. The molecule has 1 aromatic rings. The quantitative estimate of drug-likeness (QED) is 0.506. The SMILES string of the molecule is COC(=O)CC(C)c1cccc[n+]1CC(=O)[O-]. The summed E-state index contributed by atoms with van der Waals surface area (Å²) in [5, 5.41) is 10.6. The van der Waals surface area contributed by atoms with E-state index in [0.717, 1.165) is 5.69 Å². The van der Waals surface area contributed by atoms with Gasteiger partial charge in [0, 0.05) is 12.1 Å². The van der Waals surface area contributed by atoms with Crippen molar-refractivity contribution in [3.8, 4) is 0 Å². The van der Waals surface area contributed by atoms with Crippen LogP contribution < -0.4 is 9.67 Å². The van der Waals surface area contributed by atoms with Gasteiger partial charge in [0.25, 0.3) is 0 Å². The van der Waals surface area contributed by atoms with Crippen molar-refractivity contribution in [3.63, 3.8) is 0 Å². The van der Waals surface area contributed by atoms with Gasteiger partial charge < -0.3 is 14.6 Å². The summed E-state index contributed by atoms with van der Waals surface area (Å²) >= 11 is 0. The van der Waals surface area contributed by atoms with E-state index in [-0.39, 0.29) is 24.9 Å². The van der Waals surface area contributed by atoms with E-state index in [1.807, 2.05) is 6.92 Å².